The van der Waals surface area contributed by atoms with Crippen molar-refractivity contribution in [2.45, 2.75) is 56.8 Å². The molecule has 2 aromatic rings. The van der Waals surface area contributed by atoms with Gasteiger partial charge in [-0.1, -0.05) is 18.2 Å². The van der Waals surface area contributed by atoms with Gasteiger partial charge >= 0.3 is 22.0 Å². The summed E-state index contributed by atoms with van der Waals surface area (Å²) in [5, 5.41) is 2.70. The first-order valence-corrected chi connectivity index (χ1v) is 14.4. The standard InChI is InChI=1S/C25H27F5N4O7S/c1-13(14-5-4-6-15(18(14)26)19(27)28)31-20-16-11-34(22(35)24(39-2)7-9-40-10-8-24)12-17(16)32-21(33-20)25(29,30)23(36)41-42(3,37)38/h4-6,13,19H,7-12H2,1-3H3,(H,31,32,33)/t13-/m1/s1. The van der Waals surface area contributed by atoms with Crippen LogP contribution in [0.25, 0.3) is 0 Å². The molecule has 0 bridgehead atoms. The number of amides is 1. The number of aromatic nitrogens is 2. The molecule has 2 aliphatic heterocycles. The smallest absolute Gasteiger partial charge is 0.381 e. The molecule has 42 heavy (non-hydrogen) atoms. The molecule has 1 aromatic heterocycles. The average molecular weight is 623 g/mol. The Morgan fingerprint density at radius 2 is 1.79 bits per heavy atom. The summed E-state index contributed by atoms with van der Waals surface area (Å²) in [5.41, 5.74) is -2.34. The number of ether oxygens (including phenoxy) is 2. The normalized spacial score (nSPS) is 17.6. The number of methoxy groups -OCH3 is 1. The number of alkyl halides is 4. The Balaban J connectivity index is 1.75. The minimum atomic E-state index is -4.66. The first kappa shape index (κ1) is 31.5. The summed E-state index contributed by atoms with van der Waals surface area (Å²) < 4.78 is 109. The Hall–Kier alpha value is -3.44. The molecule has 2 aliphatic rings. The van der Waals surface area contributed by atoms with Crippen molar-refractivity contribution < 1.29 is 53.6 Å². The summed E-state index contributed by atoms with van der Waals surface area (Å²) in [6.45, 7) is 1.33. The first-order valence-electron chi connectivity index (χ1n) is 12.6. The van der Waals surface area contributed by atoms with Crippen LogP contribution >= 0.6 is 0 Å². The van der Waals surface area contributed by atoms with Gasteiger partial charge < -0.3 is 23.9 Å². The molecule has 0 aliphatic carbocycles. The van der Waals surface area contributed by atoms with E-state index in [9.17, 15) is 31.2 Å². The largest absolute Gasteiger partial charge is 0.402 e. The van der Waals surface area contributed by atoms with E-state index in [1.54, 1.807) is 0 Å². The topological polar surface area (TPSA) is 137 Å². The summed E-state index contributed by atoms with van der Waals surface area (Å²) in [7, 11) is -3.27. The number of hydrogen-bond acceptors (Lipinski definition) is 10. The van der Waals surface area contributed by atoms with E-state index in [0.29, 0.717) is 6.26 Å². The lowest BCUT2D eigenvalue weighted by Gasteiger charge is -2.37. The van der Waals surface area contributed by atoms with Crippen molar-refractivity contribution in [3.63, 3.8) is 0 Å². The Morgan fingerprint density at radius 1 is 1.14 bits per heavy atom. The summed E-state index contributed by atoms with van der Waals surface area (Å²) in [4.78, 5) is 34.4. The summed E-state index contributed by atoms with van der Waals surface area (Å²) in [6.07, 6.45) is -2.27. The highest BCUT2D eigenvalue weighted by atomic mass is 32.2. The molecule has 0 unspecified atom stereocenters. The van der Waals surface area contributed by atoms with Crippen LogP contribution in [0.3, 0.4) is 0 Å². The maximum atomic E-state index is 15.1. The molecular weight excluding hydrogens is 595 g/mol. The number of halogens is 5. The van der Waals surface area contributed by atoms with Crippen LogP contribution in [-0.2, 0) is 52.4 Å². The van der Waals surface area contributed by atoms with Crippen LogP contribution in [0.5, 0.6) is 0 Å². The maximum absolute atomic E-state index is 15.1. The van der Waals surface area contributed by atoms with Gasteiger partial charge in [0.1, 0.15) is 11.6 Å². The molecule has 1 aromatic carbocycles. The molecule has 1 N–H and O–H groups in total. The van der Waals surface area contributed by atoms with E-state index in [2.05, 4.69) is 19.5 Å². The van der Waals surface area contributed by atoms with Crippen LogP contribution in [0.2, 0.25) is 0 Å². The van der Waals surface area contributed by atoms with Gasteiger partial charge in [-0.15, -0.1) is 0 Å². The average Bonchev–Trinajstić information content (AvgIpc) is 3.36. The third kappa shape index (κ3) is 6.17. The fraction of sp³-hybridized carbons (Fsp3) is 0.520. The van der Waals surface area contributed by atoms with Crippen LogP contribution in [-0.4, -0.2) is 67.3 Å². The highest BCUT2D eigenvalue weighted by Crippen LogP contribution is 2.37. The number of carbonyl (C=O) groups is 2. The summed E-state index contributed by atoms with van der Waals surface area (Å²) in [6, 6.07) is 2.18. The SMILES string of the molecule is COC1(C(=O)N2Cc3nc(C(F)(F)C(=O)OS(C)(=O)=O)nc(N[C@H](C)c4cccc(C(F)F)c4F)c3C2)CCOCC1. The molecule has 0 spiro atoms. The zero-order chi connectivity index (χ0) is 31.0. The molecule has 1 amide bonds. The first-order chi connectivity index (χ1) is 19.6. The number of fused-ring (bicyclic) bond motifs is 1. The number of benzene rings is 1. The van der Waals surface area contributed by atoms with Crippen LogP contribution in [0.4, 0.5) is 27.8 Å². The lowest BCUT2D eigenvalue weighted by Crippen LogP contribution is -2.51. The highest BCUT2D eigenvalue weighted by molar-refractivity contribution is 7.86. The quantitative estimate of drug-likeness (QED) is 0.328. The van der Waals surface area contributed by atoms with E-state index in [-0.39, 0.29) is 61.8 Å². The van der Waals surface area contributed by atoms with Crippen molar-refractivity contribution in [3.8, 4) is 0 Å². The Morgan fingerprint density at radius 3 is 2.38 bits per heavy atom. The van der Waals surface area contributed by atoms with Crippen molar-refractivity contribution >= 4 is 27.8 Å². The van der Waals surface area contributed by atoms with E-state index in [4.69, 9.17) is 9.47 Å². The number of nitrogens with one attached hydrogen (secondary N) is 1. The minimum absolute atomic E-state index is 0.116. The molecule has 230 valence electrons. The van der Waals surface area contributed by atoms with Crippen LogP contribution in [0.1, 0.15) is 60.4 Å². The third-order valence-electron chi connectivity index (χ3n) is 7.03. The lowest BCUT2D eigenvalue weighted by atomic mass is 9.92. The van der Waals surface area contributed by atoms with Crippen molar-refractivity contribution in [1.82, 2.24) is 14.9 Å². The van der Waals surface area contributed by atoms with Crippen LogP contribution in [0.15, 0.2) is 18.2 Å². The second kappa shape index (κ2) is 11.7. The zero-order valence-electron chi connectivity index (χ0n) is 22.6. The van der Waals surface area contributed by atoms with E-state index >= 15 is 8.78 Å². The molecule has 1 saturated heterocycles. The van der Waals surface area contributed by atoms with E-state index in [1.807, 2.05) is 0 Å². The van der Waals surface area contributed by atoms with Crippen molar-refractivity contribution in [3.05, 3.63) is 52.2 Å². The number of hydrogen-bond donors (Lipinski definition) is 1. The minimum Gasteiger partial charge on any atom is -0.381 e. The Bertz CT molecular complexity index is 1490. The number of nitrogens with zero attached hydrogens (tertiary/aromatic N) is 3. The molecule has 1 fully saturated rings. The lowest BCUT2D eigenvalue weighted by molar-refractivity contribution is -0.167. The molecule has 0 saturated carbocycles. The molecule has 11 nitrogen and oxygen atoms in total. The van der Waals surface area contributed by atoms with E-state index < -0.39 is 63.2 Å². The summed E-state index contributed by atoms with van der Waals surface area (Å²) in [5.74, 6) is -10.6. The predicted octanol–water partition coefficient (Wildman–Crippen LogP) is 3.36. The van der Waals surface area contributed by atoms with Gasteiger partial charge in [0.2, 0.25) is 5.82 Å². The van der Waals surface area contributed by atoms with Gasteiger partial charge in [-0.25, -0.2) is 27.9 Å². The molecule has 0 radical (unpaired) electrons. The van der Waals surface area contributed by atoms with Gasteiger partial charge in [0.05, 0.1) is 36.6 Å². The van der Waals surface area contributed by atoms with Crippen molar-refractivity contribution in [1.29, 1.82) is 0 Å². The number of anilines is 1. The van der Waals surface area contributed by atoms with Crippen molar-refractivity contribution in [2.75, 3.05) is 31.9 Å². The highest BCUT2D eigenvalue weighted by Gasteiger charge is 2.50. The van der Waals surface area contributed by atoms with Crippen LogP contribution in [0, 0.1) is 5.82 Å². The molecular formula is C25H27F5N4O7S. The third-order valence-corrected chi connectivity index (χ3v) is 7.48. The van der Waals surface area contributed by atoms with Gasteiger partial charge in [-0.2, -0.15) is 17.2 Å². The van der Waals surface area contributed by atoms with E-state index in [1.165, 1.54) is 31.1 Å². The van der Waals surface area contributed by atoms with Gasteiger partial charge in [-0.05, 0) is 6.92 Å². The molecule has 3 heterocycles. The predicted molar refractivity (Wildman–Crippen MR) is 134 cm³/mol. The second-order valence-electron chi connectivity index (χ2n) is 9.86. The van der Waals surface area contributed by atoms with Gasteiger partial charge in [0.25, 0.3) is 12.3 Å². The van der Waals surface area contributed by atoms with Gasteiger partial charge in [0, 0.05) is 44.3 Å². The monoisotopic (exact) mass is 622 g/mol. The maximum Gasteiger partial charge on any atom is 0.402 e. The number of rotatable bonds is 9. The van der Waals surface area contributed by atoms with Gasteiger partial charge in [-0.3, -0.25) is 4.79 Å². The van der Waals surface area contributed by atoms with Crippen LogP contribution < -0.4 is 5.32 Å². The van der Waals surface area contributed by atoms with E-state index in [0.717, 1.165) is 6.07 Å². The second-order valence-corrected chi connectivity index (χ2v) is 11.4. The molecule has 4 rings (SSSR count). The Labute approximate surface area is 237 Å². The Kier molecular flexibility index (Phi) is 8.76. The molecule has 17 heteroatoms. The van der Waals surface area contributed by atoms with Crippen molar-refractivity contribution in [2.24, 2.45) is 0 Å². The fourth-order valence-corrected chi connectivity index (χ4v) is 5.17. The van der Waals surface area contributed by atoms with Gasteiger partial charge in [0.15, 0.2) is 5.60 Å². The zero-order valence-corrected chi connectivity index (χ0v) is 23.4. The number of carbonyl (C=O) groups excluding carboxylic acids is 2. The fourth-order valence-electron chi connectivity index (χ4n) is 4.79. The summed E-state index contributed by atoms with van der Waals surface area (Å²) >= 11 is 0. The molecule has 1 atom stereocenters.